The molecule has 1 fully saturated rings. The second kappa shape index (κ2) is 11.3. The highest BCUT2D eigenvalue weighted by Crippen LogP contribution is 2.39. The molecule has 1 aromatic heterocycles. The number of thiocarbonyl (C=S) groups is 1. The molecule has 2 heterocycles. The lowest BCUT2D eigenvalue weighted by Gasteiger charge is -2.17. The molecular formula is C27H26FN5O6S. The van der Waals surface area contributed by atoms with E-state index in [4.69, 9.17) is 26.4 Å². The van der Waals surface area contributed by atoms with Gasteiger partial charge in [0.15, 0.2) is 28.2 Å². The van der Waals surface area contributed by atoms with Crippen LogP contribution >= 0.6 is 12.2 Å². The van der Waals surface area contributed by atoms with Crippen LogP contribution in [0.4, 0.5) is 14.9 Å². The molecule has 5 rings (SSSR count). The first-order valence-corrected chi connectivity index (χ1v) is 12.8. The molecule has 1 aliphatic carbocycles. The van der Waals surface area contributed by atoms with Gasteiger partial charge in [0.1, 0.15) is 6.33 Å². The van der Waals surface area contributed by atoms with E-state index in [2.05, 4.69) is 26.7 Å². The molecule has 208 valence electrons. The van der Waals surface area contributed by atoms with Crippen molar-refractivity contribution in [2.75, 3.05) is 32.1 Å². The predicted molar refractivity (Wildman–Crippen MR) is 147 cm³/mol. The van der Waals surface area contributed by atoms with E-state index in [1.165, 1.54) is 37.4 Å². The fraction of sp³-hybridized carbons (Fsp3) is 0.296. The number of amides is 2. The van der Waals surface area contributed by atoms with Crippen molar-refractivity contribution >= 4 is 45.9 Å². The topological polar surface area (TPSA) is 135 Å². The number of nitrogens with zero attached hydrogens (tertiary/aromatic N) is 3. The molecule has 0 spiro atoms. The first-order valence-electron chi connectivity index (χ1n) is 12.4. The van der Waals surface area contributed by atoms with Gasteiger partial charge in [0.2, 0.25) is 11.8 Å². The number of carbonyl (C=O) groups excluding carboxylic acids is 1. The number of likely N-dealkylation sites (tertiary alicyclic amines) is 1. The van der Waals surface area contributed by atoms with E-state index in [0.29, 0.717) is 47.8 Å². The van der Waals surface area contributed by atoms with Crippen molar-refractivity contribution in [3.8, 4) is 23.1 Å². The summed E-state index contributed by atoms with van der Waals surface area (Å²) in [5.74, 6) is 0.348. The summed E-state index contributed by atoms with van der Waals surface area (Å²) >= 11 is 5.00. The van der Waals surface area contributed by atoms with Crippen molar-refractivity contribution in [3.05, 3.63) is 54.1 Å². The summed E-state index contributed by atoms with van der Waals surface area (Å²) in [6.45, 7) is 2.68. The van der Waals surface area contributed by atoms with E-state index in [1.54, 1.807) is 18.2 Å². The van der Waals surface area contributed by atoms with Gasteiger partial charge in [-0.05, 0) is 42.4 Å². The second-order valence-electron chi connectivity index (χ2n) is 9.49. The Morgan fingerprint density at radius 3 is 2.73 bits per heavy atom. The number of hydrogen-bond acceptors (Lipinski definition) is 8. The van der Waals surface area contributed by atoms with Crippen molar-refractivity contribution in [1.82, 2.24) is 20.2 Å². The molecule has 2 atom stereocenters. The normalized spacial score (nSPS) is 17.7. The van der Waals surface area contributed by atoms with E-state index in [0.717, 1.165) is 12.0 Å². The van der Waals surface area contributed by atoms with Crippen molar-refractivity contribution in [1.29, 1.82) is 0 Å². The average molecular weight is 568 g/mol. The van der Waals surface area contributed by atoms with Gasteiger partial charge in [-0.1, -0.05) is 6.08 Å². The highest BCUT2D eigenvalue weighted by Gasteiger charge is 2.36. The predicted octanol–water partition coefficient (Wildman–Crippen LogP) is 4.34. The van der Waals surface area contributed by atoms with Crippen molar-refractivity contribution in [2.24, 2.45) is 11.8 Å². The zero-order valence-corrected chi connectivity index (χ0v) is 22.5. The number of carbonyl (C=O) groups is 2. The molecular weight excluding hydrogens is 541 g/mol. The van der Waals surface area contributed by atoms with Gasteiger partial charge in [-0.3, -0.25) is 4.79 Å². The van der Waals surface area contributed by atoms with Gasteiger partial charge in [0.25, 0.3) is 0 Å². The minimum Gasteiger partial charge on any atom is -0.493 e. The van der Waals surface area contributed by atoms with Crippen LogP contribution in [0.5, 0.6) is 23.1 Å². The van der Waals surface area contributed by atoms with Gasteiger partial charge >= 0.3 is 6.09 Å². The van der Waals surface area contributed by atoms with Crippen LogP contribution < -0.4 is 24.8 Å². The fourth-order valence-corrected chi connectivity index (χ4v) is 5.15. The summed E-state index contributed by atoms with van der Waals surface area (Å²) in [4.78, 5) is 32.3. The van der Waals surface area contributed by atoms with E-state index in [1.807, 2.05) is 0 Å². The Labute approximate surface area is 233 Å². The van der Waals surface area contributed by atoms with E-state index >= 15 is 0 Å². The van der Waals surface area contributed by atoms with E-state index < -0.39 is 11.9 Å². The number of hydrogen-bond donors (Lipinski definition) is 3. The van der Waals surface area contributed by atoms with Crippen molar-refractivity contribution in [2.45, 2.75) is 13.3 Å². The molecule has 0 saturated carbocycles. The summed E-state index contributed by atoms with van der Waals surface area (Å²) in [7, 11) is 1.51. The molecule has 2 aromatic carbocycles. The molecule has 13 heteroatoms. The van der Waals surface area contributed by atoms with Gasteiger partial charge < -0.3 is 34.9 Å². The number of carboxylic acid groups (broad SMARTS) is 1. The lowest BCUT2D eigenvalue weighted by atomic mass is 10.0. The van der Waals surface area contributed by atoms with Crippen LogP contribution in [0.15, 0.2) is 48.3 Å². The number of fused-ring (bicyclic) bond motifs is 2. The molecule has 1 saturated heterocycles. The number of aromatic nitrogens is 2. The lowest BCUT2D eigenvalue weighted by Crippen LogP contribution is -2.32. The highest BCUT2D eigenvalue weighted by atomic mass is 32.1. The summed E-state index contributed by atoms with van der Waals surface area (Å²) in [5.41, 5.74) is 1.99. The highest BCUT2D eigenvalue weighted by molar-refractivity contribution is 7.80. The van der Waals surface area contributed by atoms with E-state index in [-0.39, 0.29) is 34.5 Å². The van der Waals surface area contributed by atoms with Crippen LogP contribution in [0.25, 0.3) is 10.9 Å². The maximum atomic E-state index is 14.8. The molecule has 40 heavy (non-hydrogen) atoms. The number of rotatable bonds is 7. The zero-order valence-electron chi connectivity index (χ0n) is 21.6. The smallest absolute Gasteiger partial charge is 0.407 e. The van der Waals surface area contributed by atoms with Gasteiger partial charge in [0.05, 0.1) is 24.6 Å². The van der Waals surface area contributed by atoms with Gasteiger partial charge in [-0.2, -0.15) is 0 Å². The van der Waals surface area contributed by atoms with Crippen LogP contribution in [0.3, 0.4) is 0 Å². The Hall–Kier alpha value is -4.52. The number of ether oxygens (including phenoxy) is 3. The molecule has 2 aliphatic rings. The summed E-state index contributed by atoms with van der Waals surface area (Å²) in [6, 6.07) is 7.54. The maximum absolute atomic E-state index is 14.8. The molecule has 0 bridgehead atoms. The average Bonchev–Trinajstić information content (AvgIpc) is 3.47. The largest absolute Gasteiger partial charge is 0.493 e. The van der Waals surface area contributed by atoms with E-state index in [9.17, 15) is 19.1 Å². The maximum Gasteiger partial charge on any atom is 0.407 e. The Balaban J connectivity index is 1.30. The first-order chi connectivity index (χ1) is 19.2. The molecule has 3 aromatic rings. The Morgan fingerprint density at radius 1 is 1.20 bits per heavy atom. The summed E-state index contributed by atoms with van der Waals surface area (Å²) in [5, 5.41) is 14.9. The first kappa shape index (κ1) is 27.1. The zero-order chi connectivity index (χ0) is 28.4. The van der Waals surface area contributed by atoms with Crippen LogP contribution in [-0.4, -0.2) is 63.9 Å². The third-order valence-corrected chi connectivity index (χ3v) is 6.87. The number of nitrogens with one attached hydrogen (secondary N) is 2. The van der Waals surface area contributed by atoms with Crippen molar-refractivity contribution < 1.29 is 33.3 Å². The number of methoxy groups -OCH3 is 1. The Kier molecular flexibility index (Phi) is 7.65. The molecule has 2 unspecified atom stereocenters. The number of benzene rings is 2. The standard InChI is InChI=1S/C27H26FN5O6S/c1-14(34)31-26(40)32-18-3-4-22(20(28)7-18)39-25-19-8-23(37-2)24(9-21(19)29-13-30-25)38-12-15-5-16-10-33(27(35)36)11-17(16)6-15/h3-5,7-9,13,15,17H,6,10-12H2,1-2H3,(H,35,36)(H2,31,32,34,40). The summed E-state index contributed by atoms with van der Waals surface area (Å²) in [6.07, 6.45) is 3.35. The fourth-order valence-electron chi connectivity index (χ4n) is 4.89. The number of anilines is 1. The Morgan fingerprint density at radius 2 is 2.02 bits per heavy atom. The molecule has 11 nitrogen and oxygen atoms in total. The quantitative estimate of drug-likeness (QED) is 0.280. The third kappa shape index (κ3) is 5.88. The molecule has 3 N–H and O–H groups in total. The van der Waals surface area contributed by atoms with Crippen LogP contribution in [0, 0.1) is 17.7 Å². The molecule has 2 amide bonds. The minimum absolute atomic E-state index is 0.0461. The van der Waals surface area contributed by atoms with Crippen molar-refractivity contribution in [3.63, 3.8) is 0 Å². The SMILES string of the molecule is COc1cc2c(Oc3ccc(NC(=S)NC(C)=O)cc3F)ncnc2cc1OCC1C=C2CN(C(=O)O)CC2C1. The van der Waals surface area contributed by atoms with Crippen LogP contribution in [0.2, 0.25) is 0 Å². The van der Waals surface area contributed by atoms with Gasteiger partial charge in [-0.25, -0.2) is 19.2 Å². The Bertz CT molecular complexity index is 1530. The minimum atomic E-state index is -0.894. The molecule has 0 radical (unpaired) electrons. The van der Waals surface area contributed by atoms with Gasteiger partial charge in [-0.15, -0.1) is 0 Å². The van der Waals surface area contributed by atoms with Crippen LogP contribution in [0.1, 0.15) is 13.3 Å². The second-order valence-corrected chi connectivity index (χ2v) is 9.90. The van der Waals surface area contributed by atoms with Gasteiger partial charge in [0, 0.05) is 49.7 Å². The molecule has 1 aliphatic heterocycles. The monoisotopic (exact) mass is 567 g/mol. The summed E-state index contributed by atoms with van der Waals surface area (Å²) < 4.78 is 32.3. The third-order valence-electron chi connectivity index (χ3n) is 6.67. The lowest BCUT2D eigenvalue weighted by molar-refractivity contribution is -0.117. The number of halogens is 1. The van der Waals surface area contributed by atoms with Crippen LogP contribution in [-0.2, 0) is 4.79 Å².